The number of amides is 1. The SMILES string of the molecule is CCCCc1ccc(C(=O)N2CCN(C3CCC3)CC2)cc1. The fraction of sp³-hybridized carbons (Fsp3) is 0.632. The van der Waals surface area contributed by atoms with Gasteiger partial charge in [-0.05, 0) is 43.4 Å². The minimum atomic E-state index is 0.204. The lowest BCUT2D eigenvalue weighted by molar-refractivity contribution is 0.0455. The summed E-state index contributed by atoms with van der Waals surface area (Å²) in [7, 11) is 0. The van der Waals surface area contributed by atoms with Gasteiger partial charge < -0.3 is 4.90 Å². The summed E-state index contributed by atoms with van der Waals surface area (Å²) in [6.45, 7) is 6.07. The van der Waals surface area contributed by atoms with Crippen LogP contribution in [0.15, 0.2) is 24.3 Å². The standard InChI is InChI=1S/C19H28N2O/c1-2-3-5-16-8-10-17(11-9-16)19(22)21-14-12-20(13-15-21)18-6-4-7-18/h8-11,18H,2-7,12-15H2,1H3. The van der Waals surface area contributed by atoms with E-state index in [2.05, 4.69) is 24.0 Å². The van der Waals surface area contributed by atoms with Crippen LogP contribution >= 0.6 is 0 Å². The van der Waals surface area contributed by atoms with Gasteiger partial charge >= 0.3 is 0 Å². The van der Waals surface area contributed by atoms with Crippen molar-refractivity contribution in [2.45, 2.75) is 51.5 Å². The molecule has 2 fully saturated rings. The predicted molar refractivity (Wildman–Crippen MR) is 90.2 cm³/mol. The van der Waals surface area contributed by atoms with Crippen LogP contribution < -0.4 is 0 Å². The van der Waals surface area contributed by atoms with Gasteiger partial charge in [-0.3, -0.25) is 9.69 Å². The van der Waals surface area contributed by atoms with Crippen LogP contribution in [0.1, 0.15) is 54.9 Å². The molecule has 3 rings (SSSR count). The first-order chi connectivity index (χ1) is 10.8. The number of benzene rings is 1. The molecule has 0 spiro atoms. The molecule has 2 aliphatic rings. The molecule has 120 valence electrons. The van der Waals surface area contributed by atoms with Crippen molar-refractivity contribution >= 4 is 5.91 Å². The molecule has 22 heavy (non-hydrogen) atoms. The molecule has 1 saturated carbocycles. The van der Waals surface area contributed by atoms with Crippen molar-refractivity contribution in [2.24, 2.45) is 0 Å². The van der Waals surface area contributed by atoms with Crippen LogP contribution in [0.4, 0.5) is 0 Å². The molecule has 0 radical (unpaired) electrons. The number of carbonyl (C=O) groups is 1. The highest BCUT2D eigenvalue weighted by atomic mass is 16.2. The van der Waals surface area contributed by atoms with Gasteiger partial charge in [0.15, 0.2) is 0 Å². The summed E-state index contributed by atoms with van der Waals surface area (Å²) in [4.78, 5) is 17.2. The molecule has 0 N–H and O–H groups in total. The predicted octanol–water partition coefficient (Wildman–Crippen LogP) is 3.34. The van der Waals surface area contributed by atoms with Gasteiger partial charge in [0.2, 0.25) is 0 Å². The summed E-state index contributed by atoms with van der Waals surface area (Å²) in [6.07, 6.45) is 7.64. The third kappa shape index (κ3) is 3.52. The highest BCUT2D eigenvalue weighted by Crippen LogP contribution is 2.25. The van der Waals surface area contributed by atoms with Gasteiger partial charge in [-0.1, -0.05) is 31.9 Å². The zero-order chi connectivity index (χ0) is 15.4. The van der Waals surface area contributed by atoms with Crippen molar-refractivity contribution in [3.8, 4) is 0 Å². The highest BCUT2D eigenvalue weighted by Gasteiger charge is 2.29. The van der Waals surface area contributed by atoms with Crippen LogP contribution in [-0.2, 0) is 6.42 Å². The van der Waals surface area contributed by atoms with Crippen LogP contribution in [0.5, 0.6) is 0 Å². The fourth-order valence-corrected chi connectivity index (χ4v) is 3.42. The minimum Gasteiger partial charge on any atom is -0.336 e. The molecule has 3 nitrogen and oxygen atoms in total. The monoisotopic (exact) mass is 300 g/mol. The lowest BCUT2D eigenvalue weighted by atomic mass is 9.91. The van der Waals surface area contributed by atoms with Crippen LogP contribution in [0, 0.1) is 0 Å². The molecule has 1 aliphatic carbocycles. The van der Waals surface area contributed by atoms with Gasteiger partial charge in [-0.15, -0.1) is 0 Å². The lowest BCUT2D eigenvalue weighted by Gasteiger charge is -2.42. The number of aryl methyl sites for hydroxylation is 1. The second kappa shape index (κ2) is 7.28. The van der Waals surface area contributed by atoms with Crippen molar-refractivity contribution in [3.05, 3.63) is 35.4 Å². The third-order valence-corrected chi connectivity index (χ3v) is 5.21. The summed E-state index contributed by atoms with van der Waals surface area (Å²) >= 11 is 0. The first kappa shape index (κ1) is 15.5. The normalized spacial score (nSPS) is 20.0. The van der Waals surface area contributed by atoms with Crippen molar-refractivity contribution in [3.63, 3.8) is 0 Å². The molecule has 1 aromatic rings. The maximum atomic E-state index is 12.6. The van der Waals surface area contributed by atoms with E-state index in [9.17, 15) is 4.79 Å². The Bertz CT molecular complexity index is 485. The molecule has 0 unspecified atom stereocenters. The lowest BCUT2D eigenvalue weighted by Crippen LogP contribution is -2.53. The van der Waals surface area contributed by atoms with Crippen molar-refractivity contribution in [1.29, 1.82) is 0 Å². The molecular formula is C19H28N2O. The fourth-order valence-electron chi connectivity index (χ4n) is 3.42. The zero-order valence-electron chi connectivity index (χ0n) is 13.8. The van der Waals surface area contributed by atoms with E-state index in [-0.39, 0.29) is 5.91 Å². The Morgan fingerprint density at radius 1 is 1.09 bits per heavy atom. The van der Waals surface area contributed by atoms with E-state index in [1.165, 1.54) is 37.7 Å². The Labute approximate surface area is 134 Å². The molecule has 1 saturated heterocycles. The van der Waals surface area contributed by atoms with Crippen LogP contribution in [-0.4, -0.2) is 47.9 Å². The quantitative estimate of drug-likeness (QED) is 0.832. The number of rotatable bonds is 5. The molecule has 0 atom stereocenters. The molecule has 1 heterocycles. The topological polar surface area (TPSA) is 23.6 Å². The summed E-state index contributed by atoms with van der Waals surface area (Å²) in [5, 5.41) is 0. The van der Waals surface area contributed by atoms with E-state index in [1.807, 2.05) is 17.0 Å². The van der Waals surface area contributed by atoms with Gasteiger partial charge in [-0.25, -0.2) is 0 Å². The van der Waals surface area contributed by atoms with Crippen molar-refractivity contribution in [1.82, 2.24) is 9.80 Å². The maximum Gasteiger partial charge on any atom is 0.253 e. The van der Waals surface area contributed by atoms with E-state index >= 15 is 0 Å². The van der Waals surface area contributed by atoms with Gasteiger partial charge in [0, 0.05) is 37.8 Å². The summed E-state index contributed by atoms with van der Waals surface area (Å²) < 4.78 is 0. The van der Waals surface area contributed by atoms with Crippen LogP contribution in [0.25, 0.3) is 0 Å². The molecular weight excluding hydrogens is 272 g/mol. The number of hydrogen-bond donors (Lipinski definition) is 0. The second-order valence-electron chi connectivity index (χ2n) is 6.71. The van der Waals surface area contributed by atoms with E-state index in [0.29, 0.717) is 0 Å². The van der Waals surface area contributed by atoms with E-state index in [1.54, 1.807) is 0 Å². The molecule has 1 aliphatic heterocycles. The third-order valence-electron chi connectivity index (χ3n) is 5.21. The van der Waals surface area contributed by atoms with Crippen molar-refractivity contribution in [2.75, 3.05) is 26.2 Å². The Kier molecular flexibility index (Phi) is 5.14. The Morgan fingerprint density at radius 3 is 2.32 bits per heavy atom. The number of unbranched alkanes of at least 4 members (excludes halogenated alkanes) is 1. The first-order valence-electron chi connectivity index (χ1n) is 8.90. The van der Waals surface area contributed by atoms with E-state index < -0.39 is 0 Å². The minimum absolute atomic E-state index is 0.204. The first-order valence-corrected chi connectivity index (χ1v) is 8.90. The van der Waals surface area contributed by atoms with E-state index in [0.717, 1.165) is 44.2 Å². The van der Waals surface area contributed by atoms with Gasteiger partial charge in [0.05, 0.1) is 0 Å². The number of carbonyl (C=O) groups excluding carboxylic acids is 1. The Balaban J connectivity index is 1.53. The Hall–Kier alpha value is -1.35. The average molecular weight is 300 g/mol. The number of hydrogen-bond acceptors (Lipinski definition) is 2. The molecule has 1 aromatic carbocycles. The molecule has 0 bridgehead atoms. The van der Waals surface area contributed by atoms with Gasteiger partial charge in [-0.2, -0.15) is 0 Å². The largest absolute Gasteiger partial charge is 0.336 e. The molecule has 0 aromatic heterocycles. The summed E-state index contributed by atoms with van der Waals surface area (Å²) in [5.74, 6) is 0.204. The smallest absolute Gasteiger partial charge is 0.253 e. The average Bonchev–Trinajstić information content (AvgIpc) is 2.52. The highest BCUT2D eigenvalue weighted by molar-refractivity contribution is 5.94. The maximum absolute atomic E-state index is 12.6. The number of nitrogens with zero attached hydrogens (tertiary/aromatic N) is 2. The summed E-state index contributed by atoms with van der Waals surface area (Å²) in [6, 6.07) is 9.05. The second-order valence-corrected chi connectivity index (χ2v) is 6.71. The van der Waals surface area contributed by atoms with Crippen LogP contribution in [0.2, 0.25) is 0 Å². The zero-order valence-corrected chi connectivity index (χ0v) is 13.8. The number of piperazine rings is 1. The Morgan fingerprint density at radius 2 is 1.77 bits per heavy atom. The van der Waals surface area contributed by atoms with E-state index in [4.69, 9.17) is 0 Å². The van der Waals surface area contributed by atoms with Crippen LogP contribution in [0.3, 0.4) is 0 Å². The molecule has 1 amide bonds. The van der Waals surface area contributed by atoms with Gasteiger partial charge in [0.1, 0.15) is 0 Å². The van der Waals surface area contributed by atoms with Crippen molar-refractivity contribution < 1.29 is 4.79 Å². The van der Waals surface area contributed by atoms with Gasteiger partial charge in [0.25, 0.3) is 5.91 Å². The summed E-state index contributed by atoms with van der Waals surface area (Å²) in [5.41, 5.74) is 2.19. The molecule has 3 heteroatoms.